The van der Waals surface area contributed by atoms with E-state index in [9.17, 15) is 4.79 Å². The van der Waals surface area contributed by atoms with Gasteiger partial charge in [0.2, 0.25) is 11.9 Å². The molecule has 0 aliphatic carbocycles. The van der Waals surface area contributed by atoms with Crippen molar-refractivity contribution in [1.82, 2.24) is 19.4 Å². The molecule has 186 valence electrons. The number of rotatable bonds is 5. The van der Waals surface area contributed by atoms with E-state index in [-0.39, 0.29) is 5.91 Å². The molecule has 0 bridgehead atoms. The Bertz CT molecular complexity index is 1360. The van der Waals surface area contributed by atoms with Gasteiger partial charge in [-0.05, 0) is 55.6 Å². The van der Waals surface area contributed by atoms with E-state index >= 15 is 0 Å². The fourth-order valence-electron chi connectivity index (χ4n) is 4.19. The number of anilines is 4. The Kier molecular flexibility index (Phi) is 6.36. The summed E-state index contributed by atoms with van der Waals surface area (Å²) in [5, 5.41) is 7.28. The van der Waals surface area contributed by atoms with E-state index in [1.807, 2.05) is 68.1 Å². The van der Waals surface area contributed by atoms with Gasteiger partial charge >= 0.3 is 0 Å². The Hall–Kier alpha value is -3.91. The molecule has 36 heavy (non-hydrogen) atoms. The number of carbonyl (C=O) groups is 1. The number of benzene rings is 2. The standard InChI is InChI=1S/C28H33N7O/c1-28(2,3)26(36)30-22-6-5-7-24(18-22)35-13-12-20-19-29-27(32-25(20)35)31-21-8-10-23(11-9-21)34-16-14-33(4)15-17-34/h5-13,18-19H,14-17H2,1-4H3,(H,30,36)(H,29,31,32). The number of likely N-dealkylation sites (N-methyl/N-ethyl adjacent to an activating group) is 1. The second-order valence-corrected chi connectivity index (χ2v) is 10.4. The zero-order valence-electron chi connectivity index (χ0n) is 21.3. The summed E-state index contributed by atoms with van der Waals surface area (Å²) in [5.74, 6) is 0.511. The average Bonchev–Trinajstić information content (AvgIpc) is 3.28. The lowest BCUT2D eigenvalue weighted by atomic mass is 9.95. The van der Waals surface area contributed by atoms with Crippen molar-refractivity contribution in [2.45, 2.75) is 20.8 Å². The highest BCUT2D eigenvalue weighted by Crippen LogP contribution is 2.25. The largest absolute Gasteiger partial charge is 0.369 e. The van der Waals surface area contributed by atoms with Crippen LogP contribution in [0.2, 0.25) is 0 Å². The van der Waals surface area contributed by atoms with Gasteiger partial charge < -0.3 is 25.0 Å². The summed E-state index contributed by atoms with van der Waals surface area (Å²) in [6, 6.07) is 18.2. The van der Waals surface area contributed by atoms with E-state index in [0.717, 1.165) is 54.3 Å². The van der Waals surface area contributed by atoms with Crippen LogP contribution in [0.5, 0.6) is 0 Å². The number of nitrogens with one attached hydrogen (secondary N) is 2. The van der Waals surface area contributed by atoms with Crippen molar-refractivity contribution >= 4 is 40.0 Å². The minimum Gasteiger partial charge on any atom is -0.369 e. The molecule has 0 atom stereocenters. The van der Waals surface area contributed by atoms with Crippen LogP contribution in [0.25, 0.3) is 16.7 Å². The van der Waals surface area contributed by atoms with Crippen molar-refractivity contribution in [2.24, 2.45) is 5.41 Å². The van der Waals surface area contributed by atoms with E-state index < -0.39 is 5.41 Å². The van der Waals surface area contributed by atoms with E-state index in [2.05, 4.69) is 56.7 Å². The van der Waals surface area contributed by atoms with Crippen LogP contribution in [0, 0.1) is 5.41 Å². The van der Waals surface area contributed by atoms with Gasteiger partial charge in [-0.3, -0.25) is 4.79 Å². The van der Waals surface area contributed by atoms with Crippen LogP contribution in [0.15, 0.2) is 67.0 Å². The lowest BCUT2D eigenvalue weighted by Gasteiger charge is -2.34. The van der Waals surface area contributed by atoms with Crippen LogP contribution >= 0.6 is 0 Å². The van der Waals surface area contributed by atoms with E-state index in [1.165, 1.54) is 5.69 Å². The van der Waals surface area contributed by atoms with Crippen molar-refractivity contribution < 1.29 is 4.79 Å². The van der Waals surface area contributed by atoms with Crippen molar-refractivity contribution in [3.8, 4) is 5.69 Å². The quantitative estimate of drug-likeness (QED) is 0.420. The smallest absolute Gasteiger partial charge is 0.229 e. The first kappa shape index (κ1) is 23.8. The summed E-state index contributed by atoms with van der Waals surface area (Å²) in [4.78, 5) is 26.5. The van der Waals surface area contributed by atoms with E-state index in [1.54, 1.807) is 0 Å². The fraction of sp³-hybridized carbons (Fsp3) is 0.321. The topological polar surface area (TPSA) is 78.3 Å². The minimum atomic E-state index is -0.466. The SMILES string of the molecule is CN1CCN(c2ccc(Nc3ncc4ccn(-c5cccc(NC(=O)C(C)(C)C)c5)c4n3)cc2)CC1. The van der Waals surface area contributed by atoms with Gasteiger partial charge in [-0.25, -0.2) is 4.98 Å². The highest BCUT2D eigenvalue weighted by Gasteiger charge is 2.21. The zero-order valence-corrected chi connectivity index (χ0v) is 21.3. The maximum atomic E-state index is 12.4. The second-order valence-electron chi connectivity index (χ2n) is 10.4. The Balaban J connectivity index is 1.35. The lowest BCUT2D eigenvalue weighted by molar-refractivity contribution is -0.123. The number of amides is 1. The zero-order chi connectivity index (χ0) is 25.3. The first-order chi connectivity index (χ1) is 17.3. The number of fused-ring (bicyclic) bond motifs is 1. The third kappa shape index (κ3) is 5.18. The third-order valence-corrected chi connectivity index (χ3v) is 6.48. The molecule has 2 N–H and O–H groups in total. The van der Waals surface area contributed by atoms with Gasteiger partial charge in [-0.15, -0.1) is 0 Å². The van der Waals surface area contributed by atoms with Crippen LogP contribution in [0.1, 0.15) is 20.8 Å². The van der Waals surface area contributed by atoms with E-state index in [0.29, 0.717) is 5.95 Å². The third-order valence-electron chi connectivity index (χ3n) is 6.48. The van der Waals surface area contributed by atoms with Gasteiger partial charge in [0.15, 0.2) is 0 Å². The van der Waals surface area contributed by atoms with Gasteiger partial charge in [0, 0.05) is 72.1 Å². The molecular formula is C28H33N7O. The molecule has 0 radical (unpaired) electrons. The monoisotopic (exact) mass is 483 g/mol. The molecule has 3 heterocycles. The Morgan fingerprint density at radius 1 is 0.917 bits per heavy atom. The van der Waals surface area contributed by atoms with Gasteiger partial charge in [0.1, 0.15) is 5.65 Å². The molecule has 1 fully saturated rings. The molecule has 1 aliphatic heterocycles. The predicted octanol–water partition coefficient (Wildman–Crippen LogP) is 4.90. The van der Waals surface area contributed by atoms with Crippen LogP contribution in [-0.2, 0) is 4.79 Å². The van der Waals surface area contributed by atoms with Gasteiger partial charge in [-0.2, -0.15) is 4.98 Å². The normalized spacial score (nSPS) is 14.7. The van der Waals surface area contributed by atoms with Crippen LogP contribution in [0.4, 0.5) is 23.0 Å². The molecule has 0 unspecified atom stereocenters. The second kappa shape index (κ2) is 9.62. The molecular weight excluding hydrogens is 450 g/mol. The Morgan fingerprint density at radius 3 is 2.39 bits per heavy atom. The van der Waals surface area contributed by atoms with Crippen molar-refractivity contribution in [2.75, 3.05) is 48.8 Å². The van der Waals surface area contributed by atoms with Crippen molar-refractivity contribution in [3.05, 3.63) is 67.0 Å². The molecule has 5 rings (SSSR count). The molecule has 0 saturated carbocycles. The van der Waals surface area contributed by atoms with Crippen molar-refractivity contribution in [1.29, 1.82) is 0 Å². The number of hydrogen-bond donors (Lipinski definition) is 2. The summed E-state index contributed by atoms with van der Waals surface area (Å²) in [7, 11) is 2.17. The Labute approximate surface area is 212 Å². The highest BCUT2D eigenvalue weighted by atomic mass is 16.2. The van der Waals surface area contributed by atoms with Gasteiger partial charge in [-0.1, -0.05) is 26.8 Å². The summed E-state index contributed by atoms with van der Waals surface area (Å²) in [6.07, 6.45) is 3.80. The lowest BCUT2D eigenvalue weighted by Crippen LogP contribution is -2.44. The maximum absolute atomic E-state index is 12.4. The average molecular weight is 484 g/mol. The fourth-order valence-corrected chi connectivity index (χ4v) is 4.19. The van der Waals surface area contributed by atoms with Crippen LogP contribution in [0.3, 0.4) is 0 Å². The Morgan fingerprint density at radius 2 is 1.67 bits per heavy atom. The molecule has 0 spiro atoms. The summed E-state index contributed by atoms with van der Waals surface area (Å²) >= 11 is 0. The number of carbonyl (C=O) groups excluding carboxylic acids is 1. The first-order valence-corrected chi connectivity index (χ1v) is 12.3. The molecule has 8 heteroatoms. The van der Waals surface area contributed by atoms with Crippen LogP contribution < -0.4 is 15.5 Å². The minimum absolute atomic E-state index is 0.0236. The molecule has 1 amide bonds. The first-order valence-electron chi connectivity index (χ1n) is 12.3. The number of aromatic nitrogens is 3. The molecule has 8 nitrogen and oxygen atoms in total. The van der Waals surface area contributed by atoms with Gasteiger partial charge in [0.05, 0.1) is 0 Å². The predicted molar refractivity (Wildman–Crippen MR) is 146 cm³/mol. The van der Waals surface area contributed by atoms with Gasteiger partial charge in [0.25, 0.3) is 0 Å². The number of hydrogen-bond acceptors (Lipinski definition) is 6. The molecule has 2 aromatic heterocycles. The van der Waals surface area contributed by atoms with E-state index in [4.69, 9.17) is 4.98 Å². The molecule has 4 aromatic rings. The van der Waals surface area contributed by atoms with Crippen molar-refractivity contribution in [3.63, 3.8) is 0 Å². The number of nitrogens with zero attached hydrogens (tertiary/aromatic N) is 5. The number of piperazine rings is 1. The molecule has 2 aromatic carbocycles. The highest BCUT2D eigenvalue weighted by molar-refractivity contribution is 5.94. The summed E-state index contributed by atoms with van der Waals surface area (Å²) in [6.45, 7) is 9.95. The molecule has 1 aliphatic rings. The summed E-state index contributed by atoms with van der Waals surface area (Å²) in [5.41, 5.74) is 4.17. The molecule has 1 saturated heterocycles. The summed E-state index contributed by atoms with van der Waals surface area (Å²) < 4.78 is 2.01. The van der Waals surface area contributed by atoms with Crippen LogP contribution in [-0.4, -0.2) is 58.6 Å². The maximum Gasteiger partial charge on any atom is 0.229 e.